The molecule has 0 bridgehead atoms. The summed E-state index contributed by atoms with van der Waals surface area (Å²) < 4.78 is 27.0. The molecule has 3 rings (SSSR count). The average molecular weight is 450 g/mol. The Morgan fingerprint density at radius 1 is 1.13 bits per heavy atom. The largest absolute Gasteiger partial charge is 0.326 e. The fourth-order valence-corrected chi connectivity index (χ4v) is 4.38. The minimum atomic E-state index is -3.57. The van der Waals surface area contributed by atoms with Crippen LogP contribution < -0.4 is 14.9 Å². The molecule has 2 N–H and O–H groups in total. The molecule has 1 aliphatic rings. The van der Waals surface area contributed by atoms with Crippen molar-refractivity contribution in [2.75, 3.05) is 23.3 Å². The maximum atomic E-state index is 12.6. The zero-order valence-corrected chi connectivity index (χ0v) is 18.2. The number of benzene rings is 2. The van der Waals surface area contributed by atoms with Crippen molar-refractivity contribution in [3.05, 3.63) is 53.6 Å². The van der Waals surface area contributed by atoms with E-state index in [0.29, 0.717) is 22.9 Å². The fourth-order valence-electron chi connectivity index (χ4n) is 3.18. The lowest BCUT2D eigenvalue weighted by Crippen LogP contribution is -2.28. The highest BCUT2D eigenvalue weighted by Crippen LogP contribution is 2.27. The quantitative estimate of drug-likeness (QED) is 0.603. The molecule has 160 valence electrons. The standard InChI is InChI=1S/C21H24ClN3O4S/c1-2-3-12-23-30(28,29)19-10-6-17(7-11-19)24-21(27)15-13-20(26)25(14-15)18-8-4-16(22)5-9-18/h4-11,15,23H,2-3,12-14H2,1H3,(H,24,27). The van der Waals surface area contributed by atoms with Gasteiger partial charge in [-0.2, -0.15) is 0 Å². The summed E-state index contributed by atoms with van der Waals surface area (Å²) in [4.78, 5) is 26.6. The molecular formula is C21H24ClN3O4S. The molecule has 0 aromatic heterocycles. The van der Waals surface area contributed by atoms with Crippen molar-refractivity contribution in [2.45, 2.75) is 31.1 Å². The van der Waals surface area contributed by atoms with Crippen LogP contribution in [0.25, 0.3) is 0 Å². The Labute approximate surface area is 181 Å². The first-order valence-corrected chi connectivity index (χ1v) is 11.6. The topological polar surface area (TPSA) is 95.6 Å². The van der Waals surface area contributed by atoms with Gasteiger partial charge in [0.1, 0.15) is 0 Å². The second-order valence-corrected chi connectivity index (χ2v) is 9.35. The highest BCUT2D eigenvalue weighted by molar-refractivity contribution is 7.89. The monoisotopic (exact) mass is 449 g/mol. The van der Waals surface area contributed by atoms with Crippen LogP contribution in [-0.4, -0.2) is 33.3 Å². The summed E-state index contributed by atoms with van der Waals surface area (Å²) in [5, 5.41) is 3.34. The van der Waals surface area contributed by atoms with E-state index in [-0.39, 0.29) is 29.7 Å². The number of carbonyl (C=O) groups is 2. The van der Waals surface area contributed by atoms with Crippen molar-refractivity contribution in [1.82, 2.24) is 4.72 Å². The Balaban J connectivity index is 1.61. The zero-order valence-electron chi connectivity index (χ0n) is 16.6. The van der Waals surface area contributed by atoms with Crippen LogP contribution in [0, 0.1) is 5.92 Å². The molecule has 1 heterocycles. The molecule has 2 aromatic carbocycles. The average Bonchev–Trinajstić information content (AvgIpc) is 3.11. The van der Waals surface area contributed by atoms with Crippen molar-refractivity contribution in [3.63, 3.8) is 0 Å². The van der Waals surface area contributed by atoms with Crippen LogP contribution in [0.1, 0.15) is 26.2 Å². The molecule has 2 amide bonds. The van der Waals surface area contributed by atoms with Gasteiger partial charge >= 0.3 is 0 Å². The predicted molar refractivity (Wildman–Crippen MR) is 117 cm³/mol. The van der Waals surface area contributed by atoms with Gasteiger partial charge in [0, 0.05) is 35.9 Å². The summed E-state index contributed by atoms with van der Waals surface area (Å²) in [6.07, 6.45) is 1.77. The van der Waals surface area contributed by atoms with Gasteiger partial charge in [0.05, 0.1) is 10.8 Å². The molecular weight excluding hydrogens is 426 g/mol. The molecule has 0 radical (unpaired) electrons. The van der Waals surface area contributed by atoms with E-state index in [1.165, 1.54) is 12.1 Å². The van der Waals surface area contributed by atoms with Gasteiger partial charge < -0.3 is 10.2 Å². The molecule has 0 spiro atoms. The highest BCUT2D eigenvalue weighted by Gasteiger charge is 2.35. The van der Waals surface area contributed by atoms with E-state index in [1.54, 1.807) is 41.3 Å². The molecule has 7 nitrogen and oxygen atoms in total. The summed E-state index contributed by atoms with van der Waals surface area (Å²) in [7, 11) is -3.57. The number of carbonyl (C=O) groups excluding carboxylic acids is 2. The zero-order chi connectivity index (χ0) is 21.7. The Morgan fingerprint density at radius 3 is 2.43 bits per heavy atom. The first-order chi connectivity index (χ1) is 14.3. The van der Waals surface area contributed by atoms with E-state index in [0.717, 1.165) is 12.8 Å². The molecule has 30 heavy (non-hydrogen) atoms. The molecule has 2 aromatic rings. The van der Waals surface area contributed by atoms with E-state index in [9.17, 15) is 18.0 Å². The molecule has 1 aliphatic heterocycles. The van der Waals surface area contributed by atoms with Gasteiger partial charge in [-0.3, -0.25) is 9.59 Å². The lowest BCUT2D eigenvalue weighted by molar-refractivity contribution is -0.122. The molecule has 1 unspecified atom stereocenters. The van der Waals surface area contributed by atoms with Crippen LogP contribution in [0.3, 0.4) is 0 Å². The lowest BCUT2D eigenvalue weighted by atomic mass is 10.1. The van der Waals surface area contributed by atoms with Gasteiger partial charge in [-0.1, -0.05) is 24.9 Å². The maximum absolute atomic E-state index is 12.6. The highest BCUT2D eigenvalue weighted by atomic mass is 35.5. The third-order valence-corrected chi connectivity index (χ3v) is 6.62. The minimum absolute atomic E-state index is 0.113. The number of halogens is 1. The number of rotatable bonds is 8. The normalized spacial score (nSPS) is 16.7. The number of hydrogen-bond acceptors (Lipinski definition) is 4. The Hall–Kier alpha value is -2.42. The molecule has 0 aliphatic carbocycles. The van der Waals surface area contributed by atoms with Gasteiger partial charge in [-0.25, -0.2) is 13.1 Å². The first-order valence-electron chi connectivity index (χ1n) is 9.76. The number of nitrogens with zero attached hydrogens (tertiary/aromatic N) is 1. The Morgan fingerprint density at radius 2 is 1.80 bits per heavy atom. The number of hydrogen-bond donors (Lipinski definition) is 2. The van der Waals surface area contributed by atoms with Crippen LogP contribution in [0.5, 0.6) is 0 Å². The van der Waals surface area contributed by atoms with Gasteiger partial charge in [0.15, 0.2) is 0 Å². The second-order valence-electron chi connectivity index (χ2n) is 7.15. The molecule has 1 atom stereocenters. The van der Waals surface area contributed by atoms with Crippen LogP contribution in [0.4, 0.5) is 11.4 Å². The van der Waals surface area contributed by atoms with Crippen molar-refractivity contribution in [2.24, 2.45) is 5.92 Å². The van der Waals surface area contributed by atoms with Crippen molar-refractivity contribution in [1.29, 1.82) is 0 Å². The third kappa shape index (κ3) is 5.38. The smallest absolute Gasteiger partial charge is 0.240 e. The maximum Gasteiger partial charge on any atom is 0.240 e. The van der Waals surface area contributed by atoms with E-state index in [2.05, 4.69) is 10.0 Å². The lowest BCUT2D eigenvalue weighted by Gasteiger charge is -2.17. The summed E-state index contributed by atoms with van der Waals surface area (Å²) in [6, 6.07) is 12.9. The van der Waals surface area contributed by atoms with Crippen molar-refractivity contribution >= 4 is 44.8 Å². The van der Waals surface area contributed by atoms with Gasteiger partial charge in [-0.15, -0.1) is 0 Å². The number of unbranched alkanes of at least 4 members (excludes halogenated alkanes) is 1. The second kappa shape index (κ2) is 9.59. The SMILES string of the molecule is CCCCNS(=O)(=O)c1ccc(NC(=O)C2CC(=O)N(c3ccc(Cl)cc3)C2)cc1. The number of nitrogens with one attached hydrogen (secondary N) is 2. The third-order valence-electron chi connectivity index (χ3n) is 4.89. The van der Waals surface area contributed by atoms with E-state index in [1.807, 2.05) is 6.92 Å². The molecule has 1 fully saturated rings. The van der Waals surface area contributed by atoms with Crippen molar-refractivity contribution < 1.29 is 18.0 Å². The van der Waals surface area contributed by atoms with Crippen LogP contribution in [0.2, 0.25) is 5.02 Å². The fraction of sp³-hybridized carbons (Fsp3) is 0.333. The minimum Gasteiger partial charge on any atom is -0.326 e. The van der Waals surface area contributed by atoms with Gasteiger partial charge in [0.25, 0.3) is 0 Å². The summed E-state index contributed by atoms with van der Waals surface area (Å²) in [5.74, 6) is -0.902. The Kier molecular flexibility index (Phi) is 7.12. The van der Waals surface area contributed by atoms with Crippen molar-refractivity contribution in [3.8, 4) is 0 Å². The Bertz CT molecular complexity index is 1010. The summed E-state index contributed by atoms with van der Waals surface area (Å²) >= 11 is 5.89. The first kappa shape index (κ1) is 22.3. The molecule has 1 saturated heterocycles. The summed E-state index contributed by atoms with van der Waals surface area (Å²) in [5.41, 5.74) is 1.18. The number of sulfonamides is 1. The van der Waals surface area contributed by atoms with E-state index in [4.69, 9.17) is 11.6 Å². The van der Waals surface area contributed by atoms with Gasteiger partial charge in [-0.05, 0) is 55.0 Å². The predicted octanol–water partition coefficient (Wildman–Crippen LogP) is 3.41. The van der Waals surface area contributed by atoms with E-state index >= 15 is 0 Å². The van der Waals surface area contributed by atoms with E-state index < -0.39 is 15.9 Å². The summed E-state index contributed by atoms with van der Waals surface area (Å²) in [6.45, 7) is 2.65. The molecule has 0 saturated carbocycles. The van der Waals surface area contributed by atoms with Crippen LogP contribution >= 0.6 is 11.6 Å². The van der Waals surface area contributed by atoms with Crippen LogP contribution in [-0.2, 0) is 19.6 Å². The number of anilines is 2. The molecule has 9 heteroatoms. The van der Waals surface area contributed by atoms with Gasteiger partial charge in [0.2, 0.25) is 21.8 Å². The number of amides is 2. The van der Waals surface area contributed by atoms with Crippen LogP contribution in [0.15, 0.2) is 53.4 Å².